The highest BCUT2D eigenvalue weighted by Crippen LogP contribution is 2.18. The van der Waals surface area contributed by atoms with E-state index in [4.69, 9.17) is 4.74 Å². The molecule has 6 heteroatoms. The average molecular weight is 401 g/mol. The minimum atomic E-state index is 0.160. The third-order valence-corrected chi connectivity index (χ3v) is 6.08. The molecule has 1 N–H and O–H groups in total. The zero-order valence-corrected chi connectivity index (χ0v) is 18.0. The lowest BCUT2D eigenvalue weighted by Gasteiger charge is -2.27. The van der Waals surface area contributed by atoms with Crippen LogP contribution in [0.3, 0.4) is 0 Å². The van der Waals surface area contributed by atoms with Crippen molar-refractivity contribution in [2.75, 3.05) is 46.9 Å². The molecule has 2 aliphatic rings. The molecule has 0 bridgehead atoms. The first-order chi connectivity index (χ1) is 14.2. The summed E-state index contributed by atoms with van der Waals surface area (Å²) in [5.74, 6) is 1.83. The molecule has 1 aromatic carbocycles. The number of carbonyl (C=O) groups excluding carboxylic acids is 1. The van der Waals surface area contributed by atoms with Gasteiger partial charge in [-0.3, -0.25) is 9.79 Å². The van der Waals surface area contributed by atoms with Gasteiger partial charge in [-0.2, -0.15) is 0 Å². The molecule has 0 radical (unpaired) electrons. The first-order valence-corrected chi connectivity index (χ1v) is 11.0. The van der Waals surface area contributed by atoms with Gasteiger partial charge in [0.05, 0.1) is 0 Å². The van der Waals surface area contributed by atoms with Gasteiger partial charge >= 0.3 is 0 Å². The van der Waals surface area contributed by atoms with E-state index in [-0.39, 0.29) is 5.91 Å². The Morgan fingerprint density at radius 2 is 1.86 bits per heavy atom. The molecule has 0 spiro atoms. The van der Waals surface area contributed by atoms with E-state index < -0.39 is 0 Å². The summed E-state index contributed by atoms with van der Waals surface area (Å²) in [5, 5.41) is 3.44. The van der Waals surface area contributed by atoms with Crippen LogP contribution in [-0.4, -0.2) is 68.6 Å². The highest BCUT2D eigenvalue weighted by atomic mass is 16.5. The fraction of sp³-hybridized carbons (Fsp3) is 0.652. The molecule has 160 valence electrons. The number of guanidine groups is 1. The van der Waals surface area contributed by atoms with Crippen LogP contribution >= 0.6 is 0 Å². The summed E-state index contributed by atoms with van der Waals surface area (Å²) < 4.78 is 5.45. The second kappa shape index (κ2) is 11.2. The molecule has 2 saturated heterocycles. The Balaban J connectivity index is 1.45. The number of carbonyl (C=O) groups is 1. The van der Waals surface area contributed by atoms with Crippen molar-refractivity contribution in [1.29, 1.82) is 0 Å². The van der Waals surface area contributed by atoms with Crippen molar-refractivity contribution < 1.29 is 9.53 Å². The summed E-state index contributed by atoms with van der Waals surface area (Å²) in [6.07, 6.45) is 6.99. The number of ether oxygens (including phenoxy) is 1. The van der Waals surface area contributed by atoms with Crippen molar-refractivity contribution in [3.05, 3.63) is 35.4 Å². The average Bonchev–Trinajstić information content (AvgIpc) is 2.79. The van der Waals surface area contributed by atoms with Gasteiger partial charge in [0.2, 0.25) is 0 Å². The summed E-state index contributed by atoms with van der Waals surface area (Å²) in [6, 6.07) is 7.98. The number of aliphatic imine (C=N–C) groups is 1. The maximum absolute atomic E-state index is 12.6. The van der Waals surface area contributed by atoms with Crippen LogP contribution in [0.15, 0.2) is 29.3 Å². The van der Waals surface area contributed by atoms with E-state index in [9.17, 15) is 4.79 Å². The van der Waals surface area contributed by atoms with Crippen molar-refractivity contribution in [2.24, 2.45) is 10.9 Å². The monoisotopic (exact) mass is 400 g/mol. The fourth-order valence-corrected chi connectivity index (χ4v) is 4.13. The predicted octanol–water partition coefficient (Wildman–Crippen LogP) is 3.14. The quantitative estimate of drug-likeness (QED) is 0.589. The molecule has 2 heterocycles. The van der Waals surface area contributed by atoms with Crippen LogP contribution in [-0.2, 0) is 11.3 Å². The maximum Gasteiger partial charge on any atom is 0.253 e. The van der Waals surface area contributed by atoms with Crippen LogP contribution < -0.4 is 5.32 Å². The van der Waals surface area contributed by atoms with Crippen molar-refractivity contribution in [3.8, 4) is 0 Å². The van der Waals surface area contributed by atoms with Crippen molar-refractivity contribution in [2.45, 2.75) is 45.1 Å². The Morgan fingerprint density at radius 1 is 1.17 bits per heavy atom. The zero-order chi connectivity index (χ0) is 20.5. The molecule has 0 aliphatic carbocycles. The number of piperidine rings is 1. The van der Waals surface area contributed by atoms with Gasteiger partial charge < -0.3 is 19.9 Å². The highest BCUT2D eigenvalue weighted by molar-refractivity contribution is 5.94. The third kappa shape index (κ3) is 6.46. The molecule has 6 nitrogen and oxygen atoms in total. The summed E-state index contributed by atoms with van der Waals surface area (Å²) in [7, 11) is 3.92. The molecule has 2 aliphatic heterocycles. The number of hydrogen-bond acceptors (Lipinski definition) is 3. The van der Waals surface area contributed by atoms with Gasteiger partial charge in [-0.25, -0.2) is 0 Å². The summed E-state index contributed by atoms with van der Waals surface area (Å²) >= 11 is 0. The van der Waals surface area contributed by atoms with Crippen LogP contribution in [0.25, 0.3) is 0 Å². The molecule has 0 saturated carbocycles. The van der Waals surface area contributed by atoms with Crippen LogP contribution in [0.2, 0.25) is 0 Å². The van der Waals surface area contributed by atoms with E-state index in [1.165, 1.54) is 25.7 Å². The molecule has 1 aromatic rings. The number of likely N-dealkylation sites (tertiary alicyclic amines) is 1. The second-order valence-electron chi connectivity index (χ2n) is 8.22. The number of nitrogens with one attached hydrogen (secondary N) is 1. The predicted molar refractivity (Wildman–Crippen MR) is 117 cm³/mol. The van der Waals surface area contributed by atoms with Crippen molar-refractivity contribution in [3.63, 3.8) is 0 Å². The normalized spacial score (nSPS) is 18.6. The standard InChI is InChI=1S/C23H36N4O2/c1-24-23(26(2)15-10-19-11-16-29-17-12-19)25-18-20-6-8-21(9-7-20)22(28)27-13-4-3-5-14-27/h6-9,19H,3-5,10-18H2,1-2H3,(H,24,25). The van der Waals surface area contributed by atoms with Crippen LogP contribution in [0.1, 0.15) is 54.4 Å². The number of amides is 1. The molecule has 0 unspecified atom stereocenters. The van der Waals surface area contributed by atoms with Crippen LogP contribution in [0.5, 0.6) is 0 Å². The van der Waals surface area contributed by atoms with Crippen LogP contribution in [0.4, 0.5) is 0 Å². The lowest BCUT2D eigenvalue weighted by atomic mass is 9.96. The largest absolute Gasteiger partial charge is 0.381 e. The van der Waals surface area contributed by atoms with Gasteiger partial charge in [-0.1, -0.05) is 12.1 Å². The molecule has 29 heavy (non-hydrogen) atoms. The summed E-state index contributed by atoms with van der Waals surface area (Å²) in [6.45, 7) is 5.27. The van der Waals surface area contributed by atoms with Gasteiger partial charge in [0.25, 0.3) is 5.91 Å². The van der Waals surface area contributed by atoms with E-state index in [1.54, 1.807) is 0 Å². The van der Waals surface area contributed by atoms with E-state index >= 15 is 0 Å². The first kappa shape index (κ1) is 21.6. The van der Waals surface area contributed by atoms with Crippen molar-refractivity contribution in [1.82, 2.24) is 15.1 Å². The van der Waals surface area contributed by atoms with E-state index in [2.05, 4.69) is 22.3 Å². The Bertz CT molecular complexity index is 662. The molecule has 1 amide bonds. The summed E-state index contributed by atoms with van der Waals surface area (Å²) in [4.78, 5) is 21.2. The lowest BCUT2D eigenvalue weighted by Crippen LogP contribution is -2.39. The van der Waals surface area contributed by atoms with Crippen LogP contribution in [0, 0.1) is 5.92 Å². The third-order valence-electron chi connectivity index (χ3n) is 6.08. The fourth-order valence-electron chi connectivity index (χ4n) is 4.13. The molecule has 0 aromatic heterocycles. The molecule has 3 rings (SSSR count). The molecular weight excluding hydrogens is 364 g/mol. The number of nitrogens with zero attached hydrogens (tertiary/aromatic N) is 3. The number of rotatable bonds is 6. The van der Waals surface area contributed by atoms with E-state index in [0.717, 1.165) is 68.7 Å². The lowest BCUT2D eigenvalue weighted by molar-refractivity contribution is 0.0625. The number of hydrogen-bond donors (Lipinski definition) is 1. The van der Waals surface area contributed by atoms with Gasteiger partial charge in [-0.05, 0) is 62.1 Å². The SMILES string of the molecule is CN=C(NCc1ccc(C(=O)N2CCCCC2)cc1)N(C)CCC1CCOCC1. The molecule has 2 fully saturated rings. The topological polar surface area (TPSA) is 57.2 Å². The van der Waals surface area contributed by atoms with Gasteiger partial charge in [0.15, 0.2) is 5.96 Å². The van der Waals surface area contributed by atoms with Gasteiger partial charge in [-0.15, -0.1) is 0 Å². The Labute approximate surface area is 175 Å². The molecular formula is C23H36N4O2. The Morgan fingerprint density at radius 3 is 2.52 bits per heavy atom. The second-order valence-corrected chi connectivity index (χ2v) is 8.22. The Hall–Kier alpha value is -2.08. The van der Waals surface area contributed by atoms with E-state index in [1.807, 2.05) is 36.2 Å². The van der Waals surface area contributed by atoms with Gasteiger partial charge in [0.1, 0.15) is 0 Å². The van der Waals surface area contributed by atoms with E-state index in [0.29, 0.717) is 6.54 Å². The smallest absolute Gasteiger partial charge is 0.253 e. The first-order valence-electron chi connectivity index (χ1n) is 11.0. The minimum Gasteiger partial charge on any atom is -0.381 e. The van der Waals surface area contributed by atoms with Crippen molar-refractivity contribution >= 4 is 11.9 Å². The maximum atomic E-state index is 12.6. The highest BCUT2D eigenvalue weighted by Gasteiger charge is 2.18. The summed E-state index contributed by atoms with van der Waals surface area (Å²) in [5.41, 5.74) is 1.94. The minimum absolute atomic E-state index is 0.160. The zero-order valence-electron chi connectivity index (χ0n) is 18.0. The van der Waals surface area contributed by atoms with Gasteiger partial charge in [0, 0.05) is 59.1 Å². The molecule has 0 atom stereocenters. The number of benzene rings is 1. The Kier molecular flexibility index (Phi) is 8.35.